The Labute approximate surface area is 91.1 Å². The molecule has 84 valence electrons. The molecule has 15 heavy (non-hydrogen) atoms. The highest BCUT2D eigenvalue weighted by Crippen LogP contribution is 2.28. The van der Waals surface area contributed by atoms with Gasteiger partial charge in [-0.25, -0.2) is 0 Å². The maximum Gasteiger partial charge on any atom is 0.194 e. The zero-order valence-corrected chi connectivity index (χ0v) is 9.21. The summed E-state index contributed by atoms with van der Waals surface area (Å²) in [6, 6.07) is 1.40. The lowest BCUT2D eigenvalue weighted by molar-refractivity contribution is 0.390. The standard InChI is InChI=1S/C11H20N4/c1-2-9(8-12-5-1)14-11-13-6-7-15(11)10-3-4-10/h9-10,12H,1-8H2,(H,13,14). The first kappa shape index (κ1) is 9.46. The molecule has 0 aromatic heterocycles. The summed E-state index contributed by atoms with van der Waals surface area (Å²) in [5.74, 6) is 1.17. The van der Waals surface area contributed by atoms with Gasteiger partial charge in [-0.15, -0.1) is 0 Å². The van der Waals surface area contributed by atoms with Crippen molar-refractivity contribution in [2.75, 3.05) is 26.2 Å². The fourth-order valence-corrected chi connectivity index (χ4v) is 2.49. The Hall–Kier alpha value is -0.770. The van der Waals surface area contributed by atoms with Gasteiger partial charge in [0.1, 0.15) is 0 Å². The topological polar surface area (TPSA) is 39.7 Å². The van der Waals surface area contributed by atoms with Gasteiger partial charge >= 0.3 is 0 Å². The van der Waals surface area contributed by atoms with Crippen LogP contribution >= 0.6 is 0 Å². The minimum absolute atomic E-state index is 0.594. The molecule has 2 aliphatic heterocycles. The van der Waals surface area contributed by atoms with Crippen molar-refractivity contribution in [2.24, 2.45) is 4.99 Å². The Bertz CT molecular complexity index is 253. The van der Waals surface area contributed by atoms with Crippen LogP contribution in [0.3, 0.4) is 0 Å². The highest BCUT2D eigenvalue weighted by Gasteiger charge is 2.34. The van der Waals surface area contributed by atoms with Crippen molar-refractivity contribution in [1.29, 1.82) is 0 Å². The van der Waals surface area contributed by atoms with E-state index in [4.69, 9.17) is 0 Å². The minimum Gasteiger partial charge on any atom is -0.352 e. The SMILES string of the molecule is C1CNCC(NC2=NCCN2C2CC2)C1. The second-order valence-electron chi connectivity index (χ2n) is 4.82. The molecule has 0 aromatic carbocycles. The lowest BCUT2D eigenvalue weighted by Gasteiger charge is -2.28. The summed E-state index contributed by atoms with van der Waals surface area (Å²) in [4.78, 5) is 7.04. The summed E-state index contributed by atoms with van der Waals surface area (Å²) in [7, 11) is 0. The van der Waals surface area contributed by atoms with E-state index in [1.807, 2.05) is 0 Å². The summed E-state index contributed by atoms with van der Waals surface area (Å²) in [5.41, 5.74) is 0. The Kier molecular flexibility index (Phi) is 2.52. The molecule has 0 spiro atoms. The molecule has 1 unspecified atom stereocenters. The van der Waals surface area contributed by atoms with E-state index in [0.717, 1.165) is 25.7 Å². The smallest absolute Gasteiger partial charge is 0.194 e. The first-order valence-electron chi connectivity index (χ1n) is 6.22. The Morgan fingerprint density at radius 3 is 3.00 bits per heavy atom. The number of guanidine groups is 1. The molecule has 0 amide bonds. The zero-order valence-electron chi connectivity index (χ0n) is 9.21. The molecule has 0 bridgehead atoms. The van der Waals surface area contributed by atoms with Crippen molar-refractivity contribution in [3.8, 4) is 0 Å². The quantitative estimate of drug-likeness (QED) is 0.679. The van der Waals surface area contributed by atoms with Gasteiger partial charge in [0.25, 0.3) is 0 Å². The second kappa shape index (κ2) is 4.00. The third-order valence-corrected chi connectivity index (χ3v) is 3.49. The van der Waals surface area contributed by atoms with Gasteiger partial charge in [-0.1, -0.05) is 0 Å². The van der Waals surface area contributed by atoms with Crippen molar-refractivity contribution in [2.45, 2.75) is 37.8 Å². The molecule has 2 heterocycles. The van der Waals surface area contributed by atoms with Crippen LogP contribution < -0.4 is 10.6 Å². The number of nitrogens with zero attached hydrogens (tertiary/aromatic N) is 2. The van der Waals surface area contributed by atoms with Crippen molar-refractivity contribution < 1.29 is 0 Å². The summed E-state index contributed by atoms with van der Waals surface area (Å²) in [6.07, 6.45) is 5.30. The molecule has 1 saturated carbocycles. The van der Waals surface area contributed by atoms with E-state index in [-0.39, 0.29) is 0 Å². The molecule has 3 rings (SSSR count). The van der Waals surface area contributed by atoms with E-state index in [0.29, 0.717) is 6.04 Å². The molecule has 2 N–H and O–H groups in total. The van der Waals surface area contributed by atoms with E-state index in [9.17, 15) is 0 Å². The van der Waals surface area contributed by atoms with Crippen LogP contribution in [0.4, 0.5) is 0 Å². The van der Waals surface area contributed by atoms with Crippen LogP contribution in [-0.4, -0.2) is 49.1 Å². The van der Waals surface area contributed by atoms with Crippen LogP contribution in [-0.2, 0) is 0 Å². The average Bonchev–Trinajstić information content (AvgIpc) is 3.02. The fraction of sp³-hybridized carbons (Fsp3) is 0.909. The lowest BCUT2D eigenvalue weighted by atomic mass is 10.1. The molecular formula is C11H20N4. The first-order valence-corrected chi connectivity index (χ1v) is 6.22. The van der Waals surface area contributed by atoms with Crippen molar-refractivity contribution in [3.05, 3.63) is 0 Å². The largest absolute Gasteiger partial charge is 0.352 e. The van der Waals surface area contributed by atoms with Gasteiger partial charge in [0.2, 0.25) is 0 Å². The molecule has 0 radical (unpaired) electrons. The van der Waals surface area contributed by atoms with Crippen LogP contribution in [0.15, 0.2) is 4.99 Å². The molecule has 1 aliphatic carbocycles. The Morgan fingerprint density at radius 2 is 2.27 bits per heavy atom. The number of rotatable bonds is 2. The normalized spacial score (nSPS) is 31.6. The molecule has 0 aromatic rings. The van der Waals surface area contributed by atoms with Gasteiger partial charge in [0.15, 0.2) is 5.96 Å². The highest BCUT2D eigenvalue weighted by molar-refractivity contribution is 5.82. The monoisotopic (exact) mass is 208 g/mol. The number of aliphatic imine (C=N–C) groups is 1. The van der Waals surface area contributed by atoms with Crippen molar-refractivity contribution in [1.82, 2.24) is 15.5 Å². The zero-order chi connectivity index (χ0) is 10.1. The Morgan fingerprint density at radius 1 is 1.33 bits per heavy atom. The predicted molar refractivity (Wildman–Crippen MR) is 61.1 cm³/mol. The maximum atomic E-state index is 4.58. The number of nitrogens with one attached hydrogen (secondary N) is 2. The fourth-order valence-electron chi connectivity index (χ4n) is 2.49. The summed E-state index contributed by atoms with van der Waals surface area (Å²) in [6.45, 7) is 4.39. The number of hydrogen-bond acceptors (Lipinski definition) is 4. The second-order valence-corrected chi connectivity index (χ2v) is 4.82. The number of hydrogen-bond donors (Lipinski definition) is 2. The first-order chi connectivity index (χ1) is 7.43. The maximum absolute atomic E-state index is 4.58. The van der Waals surface area contributed by atoms with E-state index >= 15 is 0 Å². The molecule has 2 fully saturated rings. The predicted octanol–water partition coefficient (Wildman–Crippen LogP) is 0.162. The number of piperidine rings is 1. The third kappa shape index (κ3) is 2.09. The average molecular weight is 208 g/mol. The summed E-state index contributed by atoms with van der Waals surface area (Å²) >= 11 is 0. The van der Waals surface area contributed by atoms with Gasteiger partial charge < -0.3 is 15.5 Å². The van der Waals surface area contributed by atoms with E-state index < -0.39 is 0 Å². The van der Waals surface area contributed by atoms with Gasteiger partial charge in [-0.2, -0.15) is 0 Å². The van der Waals surface area contributed by atoms with E-state index in [1.54, 1.807) is 0 Å². The molecular weight excluding hydrogens is 188 g/mol. The van der Waals surface area contributed by atoms with E-state index in [1.165, 1.54) is 38.2 Å². The van der Waals surface area contributed by atoms with Crippen LogP contribution in [0.1, 0.15) is 25.7 Å². The molecule has 1 saturated heterocycles. The highest BCUT2D eigenvalue weighted by atomic mass is 15.4. The molecule has 4 heteroatoms. The van der Waals surface area contributed by atoms with Crippen LogP contribution in [0.25, 0.3) is 0 Å². The molecule has 3 aliphatic rings. The summed E-state index contributed by atoms with van der Waals surface area (Å²) < 4.78 is 0. The van der Waals surface area contributed by atoms with E-state index in [2.05, 4.69) is 20.5 Å². The Balaban J connectivity index is 1.56. The van der Waals surface area contributed by atoms with Crippen molar-refractivity contribution >= 4 is 5.96 Å². The van der Waals surface area contributed by atoms with Gasteiger partial charge in [0, 0.05) is 25.2 Å². The third-order valence-electron chi connectivity index (χ3n) is 3.49. The van der Waals surface area contributed by atoms with Gasteiger partial charge in [0.05, 0.1) is 6.54 Å². The van der Waals surface area contributed by atoms with Crippen LogP contribution in [0.5, 0.6) is 0 Å². The van der Waals surface area contributed by atoms with Crippen molar-refractivity contribution in [3.63, 3.8) is 0 Å². The minimum atomic E-state index is 0.594. The lowest BCUT2D eigenvalue weighted by Crippen LogP contribution is -2.50. The summed E-state index contributed by atoms with van der Waals surface area (Å²) in [5, 5.41) is 7.04. The van der Waals surface area contributed by atoms with Gasteiger partial charge in [-0.3, -0.25) is 4.99 Å². The van der Waals surface area contributed by atoms with Crippen LogP contribution in [0, 0.1) is 0 Å². The molecule has 4 nitrogen and oxygen atoms in total. The van der Waals surface area contributed by atoms with Crippen LogP contribution in [0.2, 0.25) is 0 Å². The van der Waals surface area contributed by atoms with Gasteiger partial charge in [-0.05, 0) is 32.2 Å². The molecule has 1 atom stereocenters.